The van der Waals surface area contributed by atoms with Crippen LogP contribution in [0.5, 0.6) is 0 Å². The zero-order valence-electron chi connectivity index (χ0n) is 10.4. The van der Waals surface area contributed by atoms with E-state index in [4.69, 9.17) is 11.6 Å². The molecular formula is C14H15ClO2S. The van der Waals surface area contributed by atoms with E-state index < -0.39 is 0 Å². The van der Waals surface area contributed by atoms with Gasteiger partial charge in [-0.05, 0) is 31.0 Å². The lowest BCUT2D eigenvalue weighted by Crippen LogP contribution is -1.93. The molecule has 0 fully saturated rings. The van der Waals surface area contributed by atoms with Crippen molar-refractivity contribution in [2.75, 3.05) is 5.75 Å². The third-order valence-electron chi connectivity index (χ3n) is 2.27. The first kappa shape index (κ1) is 15.0. The van der Waals surface area contributed by atoms with Crippen LogP contribution in [0.3, 0.4) is 0 Å². The van der Waals surface area contributed by atoms with Crippen LogP contribution in [-0.2, 0) is 4.79 Å². The topological polar surface area (TPSA) is 34.1 Å². The molecule has 1 aromatic carbocycles. The van der Waals surface area contributed by atoms with Gasteiger partial charge in [-0.2, -0.15) is 0 Å². The number of Topliss-reactive ketones (excluding diaryl/α,β-unsaturated/α-hetero) is 1. The first-order valence-electron chi connectivity index (χ1n) is 5.61. The van der Waals surface area contributed by atoms with Crippen LogP contribution in [0.4, 0.5) is 0 Å². The van der Waals surface area contributed by atoms with Gasteiger partial charge in [0.15, 0.2) is 10.9 Å². The van der Waals surface area contributed by atoms with Crippen molar-refractivity contribution in [3.8, 4) is 0 Å². The molecule has 0 unspecified atom stereocenters. The van der Waals surface area contributed by atoms with Gasteiger partial charge < -0.3 is 0 Å². The second-order valence-electron chi connectivity index (χ2n) is 3.83. The number of carbonyl (C=O) groups is 2. The molecule has 18 heavy (non-hydrogen) atoms. The second-order valence-corrected chi connectivity index (χ2v) is 5.51. The van der Waals surface area contributed by atoms with E-state index in [0.29, 0.717) is 10.6 Å². The Balaban J connectivity index is 2.58. The number of hydrogen-bond donors (Lipinski definition) is 0. The zero-order chi connectivity index (χ0) is 13.5. The summed E-state index contributed by atoms with van der Waals surface area (Å²) in [5, 5.41) is 0.611. The van der Waals surface area contributed by atoms with Gasteiger partial charge >= 0.3 is 0 Å². The minimum absolute atomic E-state index is 0.0339. The number of thioether (sulfide) groups is 1. The minimum atomic E-state index is -0.0339. The number of halogens is 1. The predicted molar refractivity (Wildman–Crippen MR) is 78.2 cm³/mol. The molecule has 0 N–H and O–H groups in total. The quantitative estimate of drug-likeness (QED) is 0.599. The summed E-state index contributed by atoms with van der Waals surface area (Å²) in [6.07, 6.45) is 4.77. The summed E-state index contributed by atoms with van der Waals surface area (Å²) in [7, 11) is 0. The van der Waals surface area contributed by atoms with Crippen LogP contribution in [0.25, 0.3) is 6.08 Å². The van der Waals surface area contributed by atoms with Gasteiger partial charge in [-0.25, -0.2) is 0 Å². The lowest BCUT2D eigenvalue weighted by molar-refractivity contribution is -0.109. The fourth-order valence-corrected chi connectivity index (χ4v) is 2.27. The highest BCUT2D eigenvalue weighted by atomic mass is 35.5. The summed E-state index contributed by atoms with van der Waals surface area (Å²) in [5.74, 6) is 0.749. The molecule has 0 saturated carbocycles. The van der Waals surface area contributed by atoms with Gasteiger partial charge in [0.1, 0.15) is 0 Å². The highest BCUT2D eigenvalue weighted by Gasteiger charge is 2.04. The molecule has 0 radical (unpaired) electrons. The average molecular weight is 283 g/mol. The highest BCUT2D eigenvalue weighted by Crippen LogP contribution is 2.19. The van der Waals surface area contributed by atoms with Gasteiger partial charge in [0.25, 0.3) is 0 Å². The molecule has 1 aromatic rings. The molecule has 0 aliphatic heterocycles. The molecule has 0 heterocycles. The Bertz CT molecular complexity index is 481. The number of hydrogen-bond acceptors (Lipinski definition) is 3. The number of rotatable bonds is 5. The predicted octanol–water partition coefficient (Wildman–Crippen LogP) is 4.23. The fourth-order valence-electron chi connectivity index (χ4n) is 1.41. The van der Waals surface area contributed by atoms with Crippen molar-refractivity contribution >= 4 is 40.3 Å². The molecule has 96 valence electrons. The van der Waals surface area contributed by atoms with Crippen LogP contribution in [-0.4, -0.2) is 16.7 Å². The minimum Gasteiger partial charge on any atom is -0.294 e. The van der Waals surface area contributed by atoms with Crippen molar-refractivity contribution in [3.05, 3.63) is 40.4 Å². The van der Waals surface area contributed by atoms with Gasteiger partial charge in [-0.1, -0.05) is 41.6 Å². The smallest absolute Gasteiger partial charge is 0.185 e. The van der Waals surface area contributed by atoms with Crippen molar-refractivity contribution in [1.29, 1.82) is 0 Å². The van der Waals surface area contributed by atoms with E-state index in [9.17, 15) is 9.59 Å². The summed E-state index contributed by atoms with van der Waals surface area (Å²) in [5.41, 5.74) is 1.50. The van der Waals surface area contributed by atoms with E-state index >= 15 is 0 Å². The summed E-state index contributed by atoms with van der Waals surface area (Å²) < 4.78 is 0. The van der Waals surface area contributed by atoms with Crippen LogP contribution in [0.15, 0.2) is 24.3 Å². The molecule has 1 rings (SSSR count). The molecule has 4 heteroatoms. The summed E-state index contributed by atoms with van der Waals surface area (Å²) in [6.45, 7) is 3.06. The first-order chi connectivity index (χ1) is 8.50. The van der Waals surface area contributed by atoms with E-state index in [1.165, 1.54) is 18.7 Å². The van der Waals surface area contributed by atoms with Crippen LogP contribution in [0.1, 0.15) is 36.2 Å². The van der Waals surface area contributed by atoms with Crippen molar-refractivity contribution < 1.29 is 9.59 Å². The Kier molecular flexibility index (Phi) is 6.16. The Labute approximate surface area is 116 Å². The van der Waals surface area contributed by atoms with Gasteiger partial charge in [0, 0.05) is 18.2 Å². The SMILES string of the molecule is CC(=O)SCCC=Cc1ccc(C(C)=O)c(Cl)c1. The van der Waals surface area contributed by atoms with E-state index in [1.807, 2.05) is 18.2 Å². The van der Waals surface area contributed by atoms with Crippen LogP contribution in [0, 0.1) is 0 Å². The van der Waals surface area contributed by atoms with Crippen molar-refractivity contribution in [3.63, 3.8) is 0 Å². The van der Waals surface area contributed by atoms with Crippen molar-refractivity contribution in [2.45, 2.75) is 20.3 Å². The fraction of sp³-hybridized carbons (Fsp3) is 0.286. The average Bonchev–Trinajstić information content (AvgIpc) is 2.27. The van der Waals surface area contributed by atoms with Gasteiger partial charge in [-0.15, -0.1) is 0 Å². The molecule has 0 bridgehead atoms. The molecular weight excluding hydrogens is 268 g/mol. The standard InChI is InChI=1S/C14H15ClO2S/c1-10(16)13-7-6-12(9-14(13)15)5-3-4-8-18-11(2)17/h3,5-7,9H,4,8H2,1-2H3. The summed E-state index contributed by atoms with van der Waals surface area (Å²) in [4.78, 5) is 21.9. The Morgan fingerprint density at radius 3 is 2.61 bits per heavy atom. The summed E-state index contributed by atoms with van der Waals surface area (Å²) in [6, 6.07) is 5.36. The zero-order valence-corrected chi connectivity index (χ0v) is 12.0. The van der Waals surface area contributed by atoms with E-state index in [2.05, 4.69) is 0 Å². The number of allylic oxidation sites excluding steroid dienone is 1. The van der Waals surface area contributed by atoms with Gasteiger partial charge in [-0.3, -0.25) is 9.59 Å². The molecule has 0 spiro atoms. The third kappa shape index (κ3) is 5.07. The Morgan fingerprint density at radius 1 is 1.33 bits per heavy atom. The maximum absolute atomic E-state index is 11.2. The molecule has 0 amide bonds. The maximum atomic E-state index is 11.2. The molecule has 0 saturated heterocycles. The molecule has 0 aromatic heterocycles. The van der Waals surface area contributed by atoms with Crippen LogP contribution < -0.4 is 0 Å². The Hall–Kier alpha value is -1.06. The van der Waals surface area contributed by atoms with Gasteiger partial charge in [0.05, 0.1) is 5.02 Å². The van der Waals surface area contributed by atoms with Gasteiger partial charge in [0.2, 0.25) is 0 Å². The highest BCUT2D eigenvalue weighted by molar-refractivity contribution is 8.13. The molecule has 0 aliphatic carbocycles. The van der Waals surface area contributed by atoms with Crippen molar-refractivity contribution in [1.82, 2.24) is 0 Å². The van der Waals surface area contributed by atoms with E-state index in [0.717, 1.165) is 17.7 Å². The lowest BCUT2D eigenvalue weighted by Gasteiger charge is -2.01. The number of benzene rings is 1. The lowest BCUT2D eigenvalue weighted by atomic mass is 10.1. The number of ketones is 1. The second kappa shape index (κ2) is 7.39. The van der Waals surface area contributed by atoms with Crippen LogP contribution in [0.2, 0.25) is 5.02 Å². The molecule has 0 atom stereocenters. The maximum Gasteiger partial charge on any atom is 0.185 e. The van der Waals surface area contributed by atoms with E-state index in [-0.39, 0.29) is 10.9 Å². The largest absolute Gasteiger partial charge is 0.294 e. The van der Waals surface area contributed by atoms with Crippen LogP contribution >= 0.6 is 23.4 Å². The van der Waals surface area contributed by atoms with E-state index in [1.54, 1.807) is 19.1 Å². The monoisotopic (exact) mass is 282 g/mol. The normalized spacial score (nSPS) is 10.8. The summed E-state index contributed by atoms with van der Waals surface area (Å²) >= 11 is 7.32. The first-order valence-corrected chi connectivity index (χ1v) is 6.97. The van der Waals surface area contributed by atoms with Crippen molar-refractivity contribution in [2.24, 2.45) is 0 Å². The molecule has 0 aliphatic rings. The third-order valence-corrected chi connectivity index (χ3v) is 3.43. The number of carbonyl (C=O) groups excluding carboxylic acids is 2. The Morgan fingerprint density at radius 2 is 2.06 bits per heavy atom. The molecule has 2 nitrogen and oxygen atoms in total.